The number of primary amides is 1. The van der Waals surface area contributed by atoms with Crippen LogP contribution in [0.15, 0.2) is 0 Å². The third-order valence-corrected chi connectivity index (χ3v) is 6.79. The molecule has 8 heteroatoms. The molecular formula is C17H26N4O4. The summed E-state index contributed by atoms with van der Waals surface area (Å²) in [5.41, 5.74) is 5.45. The maximum atomic E-state index is 12.8. The lowest BCUT2D eigenvalue weighted by molar-refractivity contribution is -0.131. The quantitative estimate of drug-likeness (QED) is 0.394. The second-order valence-corrected chi connectivity index (χ2v) is 8.07. The van der Waals surface area contributed by atoms with Crippen LogP contribution in [0.25, 0.3) is 0 Å². The predicted octanol–water partition coefficient (Wildman–Crippen LogP) is -1.91. The van der Waals surface area contributed by atoms with Gasteiger partial charge in [0.1, 0.15) is 6.04 Å². The zero-order chi connectivity index (χ0) is 17.7. The van der Waals surface area contributed by atoms with E-state index in [0.29, 0.717) is 24.8 Å². The molecule has 2 aliphatic heterocycles. The Bertz CT molecular complexity index is 597. The molecule has 0 aromatic carbocycles. The van der Waals surface area contributed by atoms with E-state index in [1.807, 2.05) is 0 Å². The summed E-state index contributed by atoms with van der Waals surface area (Å²) in [5, 5.41) is 18.9. The van der Waals surface area contributed by atoms with E-state index in [4.69, 9.17) is 5.73 Å². The molecule has 2 bridgehead atoms. The highest BCUT2D eigenvalue weighted by atomic mass is 16.3. The molecule has 8 nitrogen and oxygen atoms in total. The minimum absolute atomic E-state index is 0.0872. The molecule has 25 heavy (non-hydrogen) atoms. The van der Waals surface area contributed by atoms with Crippen LogP contribution in [0.3, 0.4) is 0 Å². The summed E-state index contributed by atoms with van der Waals surface area (Å²) in [6.45, 7) is 1.38. The average Bonchev–Trinajstić information content (AvgIpc) is 3.28. The number of aliphatic hydroxyl groups is 1. The van der Waals surface area contributed by atoms with Gasteiger partial charge < -0.3 is 26.8 Å². The summed E-state index contributed by atoms with van der Waals surface area (Å²) in [6.07, 6.45) is 2.39. The van der Waals surface area contributed by atoms with Crippen molar-refractivity contribution >= 4 is 17.7 Å². The highest BCUT2D eigenvalue weighted by molar-refractivity contribution is 5.90. The summed E-state index contributed by atoms with van der Waals surface area (Å²) >= 11 is 0. The summed E-state index contributed by atoms with van der Waals surface area (Å²) in [5.74, 6) is -0.0288. The molecule has 2 saturated heterocycles. The first-order valence-electron chi connectivity index (χ1n) is 9.24. The van der Waals surface area contributed by atoms with E-state index < -0.39 is 18.0 Å². The number of carbonyl (C=O) groups is 3. The van der Waals surface area contributed by atoms with Gasteiger partial charge in [0.05, 0.1) is 12.1 Å². The monoisotopic (exact) mass is 350 g/mol. The second kappa shape index (κ2) is 6.25. The van der Waals surface area contributed by atoms with Crippen LogP contribution in [-0.4, -0.2) is 54.1 Å². The fourth-order valence-electron chi connectivity index (χ4n) is 5.61. The molecule has 6 N–H and O–H groups in total. The zero-order valence-electron chi connectivity index (χ0n) is 14.1. The molecule has 0 aromatic heterocycles. The molecule has 2 heterocycles. The highest BCUT2D eigenvalue weighted by Crippen LogP contribution is 2.55. The number of amides is 3. The first-order chi connectivity index (χ1) is 12.0. The second-order valence-electron chi connectivity index (χ2n) is 8.07. The van der Waals surface area contributed by atoms with E-state index in [-0.39, 0.29) is 42.1 Å². The Morgan fingerprint density at radius 1 is 1.32 bits per heavy atom. The van der Waals surface area contributed by atoms with Gasteiger partial charge in [-0.25, -0.2) is 0 Å². The number of rotatable bonds is 5. The molecule has 0 unspecified atom stereocenters. The van der Waals surface area contributed by atoms with Crippen molar-refractivity contribution in [3.63, 3.8) is 0 Å². The molecule has 4 aliphatic rings. The van der Waals surface area contributed by atoms with Crippen LogP contribution in [0.2, 0.25) is 0 Å². The molecule has 0 aromatic rings. The molecule has 3 amide bonds. The number of nitrogens with two attached hydrogens (primary N) is 1. The minimum atomic E-state index is -0.842. The standard InChI is InChI=1S/C17H26N4O4/c18-15(23)11(4-7-1-2-19-16(7)24)21-17(25)14-13-9-3-8(5-12(9)22)10(13)6-20-14/h7-14,20,22H,1-6H2,(H2,18,23)(H,19,24)(H,21,25)/t7-,8-,9+,10+,11-,12+,13-,14-/m0/s1. The fourth-order valence-corrected chi connectivity index (χ4v) is 5.61. The van der Waals surface area contributed by atoms with Gasteiger partial charge in [0.2, 0.25) is 17.7 Å². The summed E-state index contributed by atoms with van der Waals surface area (Å²) in [4.78, 5) is 36.3. The van der Waals surface area contributed by atoms with Crippen LogP contribution >= 0.6 is 0 Å². The van der Waals surface area contributed by atoms with Crippen LogP contribution in [0, 0.1) is 29.6 Å². The Balaban J connectivity index is 1.41. The number of hydrogen-bond acceptors (Lipinski definition) is 5. The van der Waals surface area contributed by atoms with Crippen LogP contribution < -0.4 is 21.7 Å². The Kier molecular flexibility index (Phi) is 4.19. The molecule has 138 valence electrons. The third-order valence-electron chi connectivity index (χ3n) is 6.79. The number of aliphatic hydroxyl groups excluding tert-OH is 1. The van der Waals surface area contributed by atoms with Crippen molar-refractivity contribution in [2.75, 3.05) is 13.1 Å². The molecule has 8 atom stereocenters. The van der Waals surface area contributed by atoms with Crippen molar-refractivity contribution < 1.29 is 19.5 Å². The third kappa shape index (κ3) is 2.81. The lowest BCUT2D eigenvalue weighted by atomic mass is 9.77. The van der Waals surface area contributed by atoms with Crippen molar-refractivity contribution in [1.29, 1.82) is 0 Å². The maximum absolute atomic E-state index is 12.8. The van der Waals surface area contributed by atoms with Crippen molar-refractivity contribution in [2.24, 2.45) is 35.3 Å². The van der Waals surface area contributed by atoms with Gasteiger partial charge in [-0.05, 0) is 55.9 Å². The summed E-state index contributed by atoms with van der Waals surface area (Å²) in [7, 11) is 0. The van der Waals surface area contributed by atoms with Crippen molar-refractivity contribution in [3.05, 3.63) is 0 Å². The Morgan fingerprint density at radius 2 is 2.12 bits per heavy atom. The maximum Gasteiger partial charge on any atom is 0.240 e. The van der Waals surface area contributed by atoms with Gasteiger partial charge in [0.15, 0.2) is 0 Å². The molecular weight excluding hydrogens is 324 g/mol. The van der Waals surface area contributed by atoms with Gasteiger partial charge in [0.25, 0.3) is 0 Å². The lowest BCUT2D eigenvalue weighted by Crippen LogP contribution is -2.53. The van der Waals surface area contributed by atoms with Gasteiger partial charge in [0, 0.05) is 12.5 Å². The Labute approximate surface area is 146 Å². The van der Waals surface area contributed by atoms with Crippen LogP contribution in [0.1, 0.15) is 25.7 Å². The van der Waals surface area contributed by atoms with E-state index in [1.54, 1.807) is 0 Å². The minimum Gasteiger partial charge on any atom is -0.393 e. The summed E-state index contributed by atoms with van der Waals surface area (Å²) < 4.78 is 0. The molecule has 2 aliphatic carbocycles. The highest BCUT2D eigenvalue weighted by Gasteiger charge is 2.58. The largest absolute Gasteiger partial charge is 0.393 e. The number of nitrogens with one attached hydrogen (secondary N) is 3. The Morgan fingerprint density at radius 3 is 2.80 bits per heavy atom. The van der Waals surface area contributed by atoms with Gasteiger partial charge in [-0.2, -0.15) is 0 Å². The summed E-state index contributed by atoms with van der Waals surface area (Å²) in [6, 6.07) is -1.24. The van der Waals surface area contributed by atoms with E-state index in [9.17, 15) is 19.5 Å². The van der Waals surface area contributed by atoms with E-state index in [2.05, 4.69) is 16.0 Å². The Hall–Kier alpha value is -1.67. The van der Waals surface area contributed by atoms with Gasteiger partial charge >= 0.3 is 0 Å². The van der Waals surface area contributed by atoms with Crippen molar-refractivity contribution in [3.8, 4) is 0 Å². The average molecular weight is 350 g/mol. The normalized spacial score (nSPS) is 42.9. The van der Waals surface area contributed by atoms with E-state index in [1.165, 1.54) is 0 Å². The van der Waals surface area contributed by atoms with Crippen LogP contribution in [0.5, 0.6) is 0 Å². The molecule has 0 spiro atoms. The van der Waals surface area contributed by atoms with Gasteiger partial charge in [-0.3, -0.25) is 14.4 Å². The predicted molar refractivity (Wildman–Crippen MR) is 87.9 cm³/mol. The van der Waals surface area contributed by atoms with E-state index >= 15 is 0 Å². The number of hydrogen-bond donors (Lipinski definition) is 5. The number of carbonyl (C=O) groups excluding carboxylic acids is 3. The SMILES string of the molecule is NC(=O)[C@H](C[C@@H]1CCNC1=O)NC(=O)[C@H]1NC[C@@H]2[C@H]3C[C@@H]([C@@H]21)[C@H](O)C3. The zero-order valence-corrected chi connectivity index (χ0v) is 14.1. The van der Waals surface area contributed by atoms with Gasteiger partial charge in [-0.1, -0.05) is 0 Å². The van der Waals surface area contributed by atoms with Crippen molar-refractivity contribution in [2.45, 2.75) is 43.9 Å². The first kappa shape index (κ1) is 16.8. The molecule has 4 fully saturated rings. The first-order valence-corrected chi connectivity index (χ1v) is 9.24. The van der Waals surface area contributed by atoms with Crippen molar-refractivity contribution in [1.82, 2.24) is 16.0 Å². The van der Waals surface area contributed by atoms with Gasteiger partial charge in [-0.15, -0.1) is 0 Å². The fraction of sp³-hybridized carbons (Fsp3) is 0.824. The van der Waals surface area contributed by atoms with Crippen LogP contribution in [0.4, 0.5) is 0 Å². The van der Waals surface area contributed by atoms with Crippen LogP contribution in [-0.2, 0) is 14.4 Å². The molecule has 2 saturated carbocycles. The molecule has 4 rings (SSSR count). The smallest absolute Gasteiger partial charge is 0.240 e. The molecule has 0 radical (unpaired) electrons. The lowest BCUT2D eigenvalue weighted by Gasteiger charge is -2.31. The topological polar surface area (TPSA) is 134 Å². The van der Waals surface area contributed by atoms with E-state index in [0.717, 1.165) is 19.4 Å². The number of fused-ring (bicyclic) bond motifs is 5.